The Kier molecular flexibility index (Phi) is 3.15. The number of anilines is 1. The highest BCUT2D eigenvalue weighted by atomic mass is 32.1. The normalized spacial score (nSPS) is 10.7. The van der Waals surface area contributed by atoms with Gasteiger partial charge in [-0.1, -0.05) is 0 Å². The average molecular weight is 286 g/mol. The summed E-state index contributed by atoms with van der Waals surface area (Å²) in [4.78, 5) is 4.58. The molecule has 2 heterocycles. The van der Waals surface area contributed by atoms with Crippen molar-refractivity contribution in [3.63, 3.8) is 0 Å². The first kappa shape index (κ1) is 12.7. The number of methoxy groups -OCH3 is 1. The predicted molar refractivity (Wildman–Crippen MR) is 80.4 cm³/mol. The van der Waals surface area contributed by atoms with E-state index in [2.05, 4.69) is 10.1 Å². The molecule has 0 saturated heterocycles. The van der Waals surface area contributed by atoms with Crippen molar-refractivity contribution in [1.29, 1.82) is 0 Å². The Balaban J connectivity index is 1.95. The van der Waals surface area contributed by atoms with Crippen LogP contribution in [0.2, 0.25) is 0 Å². The summed E-state index contributed by atoms with van der Waals surface area (Å²) in [6.45, 7) is 1.91. The van der Waals surface area contributed by atoms with E-state index in [1.165, 1.54) is 11.3 Å². The van der Waals surface area contributed by atoms with E-state index in [-0.39, 0.29) is 0 Å². The summed E-state index contributed by atoms with van der Waals surface area (Å²) in [6.07, 6.45) is 0. The van der Waals surface area contributed by atoms with E-state index in [4.69, 9.17) is 10.5 Å². The number of thiazole rings is 1. The van der Waals surface area contributed by atoms with Gasteiger partial charge in [0.05, 0.1) is 18.5 Å². The van der Waals surface area contributed by atoms with Crippen molar-refractivity contribution >= 4 is 17.2 Å². The summed E-state index contributed by atoms with van der Waals surface area (Å²) in [5.41, 5.74) is 8.73. The fourth-order valence-corrected chi connectivity index (χ4v) is 2.73. The van der Waals surface area contributed by atoms with Crippen LogP contribution >= 0.6 is 11.3 Å². The van der Waals surface area contributed by atoms with E-state index in [1.54, 1.807) is 11.8 Å². The van der Waals surface area contributed by atoms with Gasteiger partial charge in [-0.3, -0.25) is 0 Å². The van der Waals surface area contributed by atoms with Gasteiger partial charge in [-0.05, 0) is 31.2 Å². The topological polar surface area (TPSA) is 66.0 Å². The minimum atomic E-state index is 0.595. The number of hydrogen-bond acceptors (Lipinski definition) is 5. The monoisotopic (exact) mass is 286 g/mol. The van der Waals surface area contributed by atoms with Crippen LogP contribution in [0.1, 0.15) is 5.69 Å². The number of rotatable bonds is 3. The van der Waals surface area contributed by atoms with E-state index >= 15 is 0 Å². The quantitative estimate of drug-likeness (QED) is 0.804. The van der Waals surface area contributed by atoms with Crippen molar-refractivity contribution in [2.75, 3.05) is 12.8 Å². The van der Waals surface area contributed by atoms with Crippen molar-refractivity contribution in [2.45, 2.75) is 6.92 Å². The van der Waals surface area contributed by atoms with Crippen LogP contribution in [0, 0.1) is 6.92 Å². The number of aromatic nitrogens is 3. The molecule has 1 aromatic carbocycles. The van der Waals surface area contributed by atoms with Crippen LogP contribution in [0.15, 0.2) is 35.7 Å². The van der Waals surface area contributed by atoms with Gasteiger partial charge in [0.2, 0.25) is 5.13 Å². The van der Waals surface area contributed by atoms with Crippen LogP contribution < -0.4 is 10.5 Å². The lowest BCUT2D eigenvalue weighted by molar-refractivity contribution is 0.415. The summed E-state index contributed by atoms with van der Waals surface area (Å²) in [7, 11) is 1.65. The van der Waals surface area contributed by atoms with Gasteiger partial charge >= 0.3 is 0 Å². The van der Waals surface area contributed by atoms with Gasteiger partial charge in [0.1, 0.15) is 11.6 Å². The molecule has 3 aromatic rings. The molecule has 0 atom stereocenters. The highest BCUT2D eigenvalue weighted by molar-refractivity contribution is 7.12. The molecule has 0 amide bonds. The second-order valence-corrected chi connectivity index (χ2v) is 5.20. The lowest BCUT2D eigenvalue weighted by Crippen LogP contribution is -2.01. The van der Waals surface area contributed by atoms with Crippen molar-refractivity contribution in [3.05, 3.63) is 41.4 Å². The van der Waals surface area contributed by atoms with Crippen LogP contribution in [0.4, 0.5) is 5.82 Å². The molecule has 3 rings (SSSR count). The Morgan fingerprint density at radius 1 is 1.25 bits per heavy atom. The van der Waals surface area contributed by atoms with Crippen molar-refractivity contribution in [2.24, 2.45) is 0 Å². The smallest absolute Gasteiger partial charge is 0.212 e. The second-order valence-electron chi connectivity index (χ2n) is 4.37. The van der Waals surface area contributed by atoms with Gasteiger partial charge in [-0.15, -0.1) is 11.3 Å². The Bertz CT molecular complexity index is 730. The third-order valence-electron chi connectivity index (χ3n) is 2.92. The van der Waals surface area contributed by atoms with E-state index in [1.807, 2.05) is 42.6 Å². The molecular formula is C14H14N4OS. The van der Waals surface area contributed by atoms with Gasteiger partial charge < -0.3 is 10.5 Å². The second kappa shape index (κ2) is 4.97. The number of nitrogens with zero attached hydrogens (tertiary/aromatic N) is 3. The highest BCUT2D eigenvalue weighted by Crippen LogP contribution is 2.26. The number of nitrogen functional groups attached to an aromatic ring is 1. The van der Waals surface area contributed by atoms with Gasteiger partial charge in [-0.2, -0.15) is 9.78 Å². The van der Waals surface area contributed by atoms with Crippen LogP contribution in [-0.4, -0.2) is 21.9 Å². The first-order valence-electron chi connectivity index (χ1n) is 6.10. The maximum Gasteiger partial charge on any atom is 0.212 e. The third-order valence-corrected chi connectivity index (χ3v) is 3.73. The Hall–Kier alpha value is -2.34. The van der Waals surface area contributed by atoms with Crippen LogP contribution in [0.25, 0.3) is 16.4 Å². The molecule has 0 saturated carbocycles. The maximum absolute atomic E-state index is 5.91. The predicted octanol–water partition coefficient (Wildman–Crippen LogP) is 2.90. The number of aryl methyl sites for hydroxylation is 1. The molecule has 0 spiro atoms. The molecule has 2 N–H and O–H groups in total. The van der Waals surface area contributed by atoms with Crippen molar-refractivity contribution in [1.82, 2.24) is 14.8 Å². The molecule has 2 aromatic heterocycles. The number of ether oxygens (including phenoxy) is 1. The molecule has 20 heavy (non-hydrogen) atoms. The third kappa shape index (κ3) is 2.25. The lowest BCUT2D eigenvalue weighted by Gasteiger charge is -2.01. The SMILES string of the molecule is COc1ccc(-c2csc(-n3nc(C)cc3N)n2)cc1. The van der Waals surface area contributed by atoms with Crippen LogP contribution in [-0.2, 0) is 0 Å². The van der Waals surface area contributed by atoms with E-state index in [9.17, 15) is 0 Å². The van der Waals surface area contributed by atoms with Crippen molar-refractivity contribution in [3.8, 4) is 22.1 Å². The zero-order valence-electron chi connectivity index (χ0n) is 11.2. The Labute approximate surface area is 120 Å². The fourth-order valence-electron chi connectivity index (χ4n) is 1.93. The Morgan fingerprint density at radius 3 is 2.60 bits per heavy atom. The van der Waals surface area contributed by atoms with Gasteiger partial charge in [0, 0.05) is 17.0 Å². The molecule has 0 radical (unpaired) electrons. The summed E-state index contributed by atoms with van der Waals surface area (Å²) < 4.78 is 6.81. The van der Waals surface area contributed by atoms with E-state index < -0.39 is 0 Å². The van der Waals surface area contributed by atoms with Crippen LogP contribution in [0.3, 0.4) is 0 Å². The summed E-state index contributed by atoms with van der Waals surface area (Å²) in [6, 6.07) is 9.63. The molecule has 0 aliphatic heterocycles. The largest absolute Gasteiger partial charge is 0.497 e. The standard InChI is InChI=1S/C14H14N4OS/c1-9-7-13(15)18(17-9)14-16-12(8-20-14)10-3-5-11(19-2)6-4-10/h3-8H,15H2,1-2H3. The van der Waals surface area contributed by atoms with Gasteiger partial charge in [0.15, 0.2) is 0 Å². The minimum Gasteiger partial charge on any atom is -0.497 e. The molecule has 5 nitrogen and oxygen atoms in total. The molecule has 0 bridgehead atoms. The number of benzene rings is 1. The number of nitrogens with two attached hydrogens (primary N) is 1. The molecule has 0 fully saturated rings. The summed E-state index contributed by atoms with van der Waals surface area (Å²) >= 11 is 1.51. The molecule has 0 aliphatic rings. The molecular weight excluding hydrogens is 272 g/mol. The van der Waals surface area contributed by atoms with Gasteiger partial charge in [-0.25, -0.2) is 4.98 Å². The van der Waals surface area contributed by atoms with E-state index in [0.29, 0.717) is 5.82 Å². The lowest BCUT2D eigenvalue weighted by atomic mass is 10.2. The molecule has 102 valence electrons. The average Bonchev–Trinajstić information content (AvgIpc) is 3.05. The minimum absolute atomic E-state index is 0.595. The first-order chi connectivity index (χ1) is 9.67. The zero-order valence-corrected chi connectivity index (χ0v) is 12.0. The van der Waals surface area contributed by atoms with Crippen LogP contribution in [0.5, 0.6) is 5.75 Å². The first-order valence-corrected chi connectivity index (χ1v) is 6.98. The highest BCUT2D eigenvalue weighted by Gasteiger charge is 2.10. The molecule has 0 aliphatic carbocycles. The van der Waals surface area contributed by atoms with Crippen molar-refractivity contribution < 1.29 is 4.74 Å². The van der Waals surface area contributed by atoms with Gasteiger partial charge in [0.25, 0.3) is 0 Å². The molecule has 6 heteroatoms. The molecule has 0 unspecified atom stereocenters. The van der Waals surface area contributed by atoms with E-state index in [0.717, 1.165) is 27.8 Å². The zero-order chi connectivity index (χ0) is 14.1. The summed E-state index contributed by atoms with van der Waals surface area (Å²) in [5, 5.41) is 7.09. The summed E-state index contributed by atoms with van der Waals surface area (Å²) in [5.74, 6) is 1.43. The maximum atomic E-state index is 5.91. The fraction of sp³-hybridized carbons (Fsp3) is 0.143. The Morgan fingerprint density at radius 2 is 2.00 bits per heavy atom. The number of hydrogen-bond donors (Lipinski definition) is 1.